The molecule has 3 heteroatoms. The Kier molecular flexibility index (Phi) is 5.22. The summed E-state index contributed by atoms with van der Waals surface area (Å²) in [5.74, 6) is 0.760. The third kappa shape index (κ3) is 3.94. The topological polar surface area (TPSA) is 29.5 Å². The average molecular weight is 368 g/mol. The molecule has 0 aliphatic heterocycles. The lowest BCUT2D eigenvalue weighted by atomic mass is 10.1. The van der Waals surface area contributed by atoms with Crippen LogP contribution in [-0.2, 0) is 6.61 Å². The number of ether oxygens (including phenoxy) is 1. The highest BCUT2D eigenvalue weighted by atomic mass is 127. The van der Waals surface area contributed by atoms with Gasteiger partial charge in [-0.25, -0.2) is 0 Å². The molecule has 0 aliphatic rings. The Morgan fingerprint density at radius 2 is 1.79 bits per heavy atom. The Morgan fingerprint density at radius 3 is 2.47 bits per heavy atom. The van der Waals surface area contributed by atoms with Gasteiger partial charge in [0.15, 0.2) is 0 Å². The first kappa shape index (κ1) is 14.3. The predicted molar refractivity (Wildman–Crippen MR) is 85.2 cm³/mol. The van der Waals surface area contributed by atoms with Gasteiger partial charge < -0.3 is 9.84 Å². The molecule has 0 saturated heterocycles. The Morgan fingerprint density at radius 1 is 1.11 bits per heavy atom. The molecule has 0 heterocycles. The Hall–Kier alpha value is -1.07. The number of aliphatic hydroxyl groups excluding tert-OH is 1. The summed E-state index contributed by atoms with van der Waals surface area (Å²) in [6, 6.07) is 15.9. The fourth-order valence-electron chi connectivity index (χ4n) is 1.85. The standard InChI is InChI=1S/C16H17IO2/c1-2-15(18)14-5-3-4-6-16(14)19-11-12-7-9-13(17)10-8-12/h3-10,15,18H,2,11H2,1H3. The van der Waals surface area contributed by atoms with Crippen molar-refractivity contribution in [2.24, 2.45) is 0 Å². The molecule has 100 valence electrons. The highest BCUT2D eigenvalue weighted by Crippen LogP contribution is 2.27. The Balaban J connectivity index is 2.09. The highest BCUT2D eigenvalue weighted by Gasteiger charge is 2.10. The second-order valence-electron chi connectivity index (χ2n) is 4.38. The van der Waals surface area contributed by atoms with Gasteiger partial charge in [-0.3, -0.25) is 0 Å². The summed E-state index contributed by atoms with van der Waals surface area (Å²) in [5.41, 5.74) is 1.98. The van der Waals surface area contributed by atoms with Crippen LogP contribution in [-0.4, -0.2) is 5.11 Å². The zero-order chi connectivity index (χ0) is 13.7. The summed E-state index contributed by atoms with van der Waals surface area (Å²) < 4.78 is 7.03. The minimum absolute atomic E-state index is 0.465. The second-order valence-corrected chi connectivity index (χ2v) is 5.62. The number of halogens is 1. The smallest absolute Gasteiger partial charge is 0.125 e. The zero-order valence-corrected chi connectivity index (χ0v) is 13.0. The SMILES string of the molecule is CCC(O)c1ccccc1OCc1ccc(I)cc1. The monoisotopic (exact) mass is 368 g/mol. The van der Waals surface area contributed by atoms with Gasteiger partial charge in [-0.15, -0.1) is 0 Å². The van der Waals surface area contributed by atoms with E-state index in [2.05, 4.69) is 46.9 Å². The fraction of sp³-hybridized carbons (Fsp3) is 0.250. The quantitative estimate of drug-likeness (QED) is 0.797. The molecule has 0 spiro atoms. The molecule has 0 bridgehead atoms. The van der Waals surface area contributed by atoms with Gasteiger partial charge in [-0.1, -0.05) is 37.3 Å². The first-order chi connectivity index (χ1) is 9.20. The van der Waals surface area contributed by atoms with Crippen LogP contribution in [0.5, 0.6) is 5.75 Å². The van der Waals surface area contributed by atoms with Crippen molar-refractivity contribution in [1.82, 2.24) is 0 Å². The minimum Gasteiger partial charge on any atom is -0.489 e. The van der Waals surface area contributed by atoms with Crippen molar-refractivity contribution in [3.05, 3.63) is 63.2 Å². The van der Waals surface area contributed by atoms with E-state index in [0.29, 0.717) is 13.0 Å². The number of hydrogen-bond donors (Lipinski definition) is 1. The van der Waals surface area contributed by atoms with Crippen LogP contribution in [0.15, 0.2) is 48.5 Å². The second kappa shape index (κ2) is 6.91. The van der Waals surface area contributed by atoms with E-state index in [0.717, 1.165) is 16.9 Å². The molecule has 0 aliphatic carbocycles. The number of hydrogen-bond acceptors (Lipinski definition) is 2. The average Bonchev–Trinajstić information content (AvgIpc) is 2.46. The van der Waals surface area contributed by atoms with Crippen LogP contribution in [0.3, 0.4) is 0 Å². The first-order valence-corrected chi connectivity index (χ1v) is 7.43. The van der Waals surface area contributed by atoms with Gasteiger partial charge in [-0.05, 0) is 52.8 Å². The van der Waals surface area contributed by atoms with E-state index in [1.165, 1.54) is 3.57 Å². The number of rotatable bonds is 5. The first-order valence-electron chi connectivity index (χ1n) is 6.35. The van der Waals surface area contributed by atoms with Crippen LogP contribution in [0.25, 0.3) is 0 Å². The van der Waals surface area contributed by atoms with Gasteiger partial charge >= 0.3 is 0 Å². The number of aliphatic hydroxyl groups is 1. The lowest BCUT2D eigenvalue weighted by molar-refractivity contribution is 0.166. The summed E-state index contributed by atoms with van der Waals surface area (Å²) in [5, 5.41) is 9.96. The van der Waals surface area contributed by atoms with Gasteiger partial charge in [0.25, 0.3) is 0 Å². The molecule has 0 saturated carbocycles. The molecule has 1 unspecified atom stereocenters. The largest absolute Gasteiger partial charge is 0.489 e. The molecule has 2 nitrogen and oxygen atoms in total. The maximum Gasteiger partial charge on any atom is 0.125 e. The third-order valence-corrected chi connectivity index (χ3v) is 3.69. The molecular weight excluding hydrogens is 351 g/mol. The van der Waals surface area contributed by atoms with Crippen LogP contribution < -0.4 is 4.74 Å². The van der Waals surface area contributed by atoms with Crippen LogP contribution in [0.2, 0.25) is 0 Å². The van der Waals surface area contributed by atoms with E-state index < -0.39 is 6.10 Å². The van der Waals surface area contributed by atoms with Crippen molar-refractivity contribution in [2.75, 3.05) is 0 Å². The number of para-hydroxylation sites is 1. The Bertz CT molecular complexity index is 523. The summed E-state index contributed by atoms with van der Waals surface area (Å²) in [6.07, 6.45) is 0.220. The van der Waals surface area contributed by atoms with Crippen LogP contribution in [0.1, 0.15) is 30.6 Å². The normalized spacial score (nSPS) is 12.2. The van der Waals surface area contributed by atoms with Crippen molar-refractivity contribution in [1.29, 1.82) is 0 Å². The number of benzene rings is 2. The fourth-order valence-corrected chi connectivity index (χ4v) is 2.21. The van der Waals surface area contributed by atoms with Gasteiger partial charge in [0.2, 0.25) is 0 Å². The molecule has 0 aromatic heterocycles. The predicted octanol–water partition coefficient (Wildman–Crippen LogP) is 4.31. The highest BCUT2D eigenvalue weighted by molar-refractivity contribution is 14.1. The van der Waals surface area contributed by atoms with Crippen molar-refractivity contribution >= 4 is 22.6 Å². The molecular formula is C16H17IO2. The van der Waals surface area contributed by atoms with Gasteiger partial charge in [0, 0.05) is 9.13 Å². The molecule has 2 aromatic rings. The van der Waals surface area contributed by atoms with E-state index in [1.54, 1.807) is 0 Å². The molecule has 1 N–H and O–H groups in total. The van der Waals surface area contributed by atoms with E-state index in [9.17, 15) is 5.11 Å². The lowest BCUT2D eigenvalue weighted by Gasteiger charge is -2.15. The van der Waals surface area contributed by atoms with Crippen LogP contribution >= 0.6 is 22.6 Å². The van der Waals surface area contributed by atoms with Gasteiger partial charge in [-0.2, -0.15) is 0 Å². The molecule has 2 aromatic carbocycles. The van der Waals surface area contributed by atoms with Crippen molar-refractivity contribution in [3.8, 4) is 5.75 Å². The molecule has 1 atom stereocenters. The summed E-state index contributed by atoms with van der Waals surface area (Å²) in [6.45, 7) is 2.48. The maximum absolute atomic E-state index is 9.96. The van der Waals surface area contributed by atoms with E-state index in [1.807, 2.05) is 31.2 Å². The van der Waals surface area contributed by atoms with Crippen LogP contribution in [0, 0.1) is 3.57 Å². The summed E-state index contributed by atoms with van der Waals surface area (Å²) in [7, 11) is 0. The van der Waals surface area contributed by atoms with E-state index in [4.69, 9.17) is 4.74 Å². The summed E-state index contributed by atoms with van der Waals surface area (Å²) in [4.78, 5) is 0. The minimum atomic E-state index is -0.465. The molecule has 0 radical (unpaired) electrons. The molecule has 19 heavy (non-hydrogen) atoms. The lowest BCUT2D eigenvalue weighted by Crippen LogP contribution is -2.02. The molecule has 2 rings (SSSR count). The van der Waals surface area contributed by atoms with Gasteiger partial charge in [0.1, 0.15) is 12.4 Å². The van der Waals surface area contributed by atoms with Crippen LogP contribution in [0.4, 0.5) is 0 Å². The molecule has 0 fully saturated rings. The summed E-state index contributed by atoms with van der Waals surface area (Å²) >= 11 is 2.28. The third-order valence-electron chi connectivity index (χ3n) is 2.97. The van der Waals surface area contributed by atoms with Crippen molar-refractivity contribution in [2.45, 2.75) is 26.1 Å². The molecule has 0 amide bonds. The maximum atomic E-state index is 9.96. The zero-order valence-electron chi connectivity index (χ0n) is 10.8. The van der Waals surface area contributed by atoms with Crippen molar-refractivity contribution < 1.29 is 9.84 Å². The Labute approximate surface area is 127 Å². The van der Waals surface area contributed by atoms with E-state index in [-0.39, 0.29) is 0 Å². The van der Waals surface area contributed by atoms with E-state index >= 15 is 0 Å². The van der Waals surface area contributed by atoms with Gasteiger partial charge in [0.05, 0.1) is 6.10 Å². The van der Waals surface area contributed by atoms with Crippen molar-refractivity contribution in [3.63, 3.8) is 0 Å².